The van der Waals surface area contributed by atoms with Crippen LogP contribution in [0, 0.1) is 5.82 Å². The van der Waals surface area contributed by atoms with Crippen LogP contribution < -0.4 is 10.1 Å². The molecule has 2 N–H and O–H groups in total. The predicted octanol–water partition coefficient (Wildman–Crippen LogP) is 2.83. The minimum absolute atomic E-state index is 0.303. The summed E-state index contributed by atoms with van der Waals surface area (Å²) in [5.41, 5.74) is 0.811. The molecule has 0 heterocycles. The number of nitrogens with one attached hydrogen (secondary N) is 1. The molecule has 1 amide bonds. The molecule has 0 aliphatic carbocycles. The molecule has 2 atom stereocenters. The second-order valence-corrected chi connectivity index (χ2v) is 5.22. The van der Waals surface area contributed by atoms with Crippen LogP contribution in [0.5, 0.6) is 5.75 Å². The van der Waals surface area contributed by atoms with E-state index in [9.17, 15) is 14.3 Å². The van der Waals surface area contributed by atoms with E-state index in [0.29, 0.717) is 18.7 Å². The van der Waals surface area contributed by atoms with E-state index in [1.54, 1.807) is 13.0 Å². The average Bonchev–Trinajstić information content (AvgIpc) is 2.55. The van der Waals surface area contributed by atoms with Gasteiger partial charge in [-0.1, -0.05) is 36.4 Å². The van der Waals surface area contributed by atoms with E-state index < -0.39 is 18.0 Å². The number of carbonyl (C=O) groups is 1. The Balaban J connectivity index is 1.76. The normalized spacial score (nSPS) is 13.2. The molecule has 5 heteroatoms. The number of amides is 1. The lowest BCUT2D eigenvalue weighted by Gasteiger charge is -2.16. The van der Waals surface area contributed by atoms with Crippen molar-refractivity contribution >= 4 is 5.91 Å². The fourth-order valence-electron chi connectivity index (χ4n) is 2.12. The Morgan fingerprint density at radius 2 is 1.96 bits per heavy atom. The van der Waals surface area contributed by atoms with Gasteiger partial charge in [0, 0.05) is 12.6 Å². The largest absolute Gasteiger partial charge is 0.481 e. The predicted molar refractivity (Wildman–Crippen MR) is 85.5 cm³/mol. The Kier molecular flexibility index (Phi) is 6.11. The number of halogens is 1. The SMILES string of the molecule is CC(Oc1cccc(F)c1)C(=O)NCCC(O)c1ccccc1. The van der Waals surface area contributed by atoms with Gasteiger partial charge in [-0.15, -0.1) is 0 Å². The van der Waals surface area contributed by atoms with Gasteiger partial charge in [0.1, 0.15) is 11.6 Å². The minimum Gasteiger partial charge on any atom is -0.481 e. The van der Waals surface area contributed by atoms with Crippen LogP contribution in [0.3, 0.4) is 0 Å². The summed E-state index contributed by atoms with van der Waals surface area (Å²) < 4.78 is 18.4. The Labute approximate surface area is 134 Å². The lowest BCUT2D eigenvalue weighted by atomic mass is 10.1. The molecule has 0 aliphatic heterocycles. The van der Waals surface area contributed by atoms with Gasteiger partial charge in [0.05, 0.1) is 6.10 Å². The molecular weight excluding hydrogens is 297 g/mol. The van der Waals surface area contributed by atoms with Crippen LogP contribution in [-0.4, -0.2) is 23.7 Å². The number of rotatable bonds is 7. The van der Waals surface area contributed by atoms with Gasteiger partial charge < -0.3 is 15.2 Å². The maximum Gasteiger partial charge on any atom is 0.260 e. The summed E-state index contributed by atoms with van der Waals surface area (Å²) in [4.78, 5) is 11.9. The highest BCUT2D eigenvalue weighted by Gasteiger charge is 2.15. The van der Waals surface area contributed by atoms with Crippen LogP contribution in [0.2, 0.25) is 0 Å². The summed E-state index contributed by atoms with van der Waals surface area (Å²) in [6, 6.07) is 14.9. The van der Waals surface area contributed by atoms with E-state index in [1.807, 2.05) is 30.3 Å². The molecule has 2 rings (SSSR count). The minimum atomic E-state index is -0.745. The van der Waals surface area contributed by atoms with Gasteiger partial charge in [0.2, 0.25) is 0 Å². The first kappa shape index (κ1) is 17.0. The third-order valence-electron chi connectivity index (χ3n) is 3.38. The van der Waals surface area contributed by atoms with Crippen molar-refractivity contribution in [2.24, 2.45) is 0 Å². The first-order valence-electron chi connectivity index (χ1n) is 7.49. The molecule has 122 valence electrons. The molecule has 0 fully saturated rings. The highest BCUT2D eigenvalue weighted by molar-refractivity contribution is 5.80. The van der Waals surface area contributed by atoms with Gasteiger partial charge >= 0.3 is 0 Å². The molecule has 2 aromatic carbocycles. The first-order chi connectivity index (χ1) is 11.1. The Bertz CT molecular complexity index is 633. The molecule has 2 unspecified atom stereocenters. The smallest absolute Gasteiger partial charge is 0.260 e. The summed E-state index contributed by atoms with van der Waals surface area (Å²) in [6.07, 6.45) is -0.968. The van der Waals surface area contributed by atoms with Gasteiger partial charge in [-0.3, -0.25) is 4.79 Å². The third-order valence-corrected chi connectivity index (χ3v) is 3.38. The highest BCUT2D eigenvalue weighted by atomic mass is 19.1. The van der Waals surface area contributed by atoms with Crippen molar-refractivity contribution in [2.75, 3.05) is 6.54 Å². The number of carbonyl (C=O) groups excluding carboxylic acids is 1. The first-order valence-corrected chi connectivity index (χ1v) is 7.49. The molecule has 0 aliphatic rings. The molecule has 0 saturated heterocycles. The van der Waals surface area contributed by atoms with E-state index in [-0.39, 0.29) is 5.91 Å². The van der Waals surface area contributed by atoms with Crippen LogP contribution in [-0.2, 0) is 4.79 Å². The van der Waals surface area contributed by atoms with Crippen LogP contribution in [0.15, 0.2) is 54.6 Å². The van der Waals surface area contributed by atoms with Crippen molar-refractivity contribution in [3.05, 3.63) is 66.0 Å². The van der Waals surface area contributed by atoms with Crippen molar-refractivity contribution in [3.8, 4) is 5.75 Å². The molecule has 0 radical (unpaired) electrons. The van der Waals surface area contributed by atoms with Gasteiger partial charge in [-0.05, 0) is 31.0 Å². The maximum atomic E-state index is 13.1. The number of aliphatic hydroxyl groups excluding tert-OH is 1. The summed E-state index contributed by atoms with van der Waals surface area (Å²) in [7, 11) is 0. The van der Waals surface area contributed by atoms with Crippen LogP contribution >= 0.6 is 0 Å². The lowest BCUT2D eigenvalue weighted by Crippen LogP contribution is -2.37. The van der Waals surface area contributed by atoms with Gasteiger partial charge in [-0.25, -0.2) is 4.39 Å². The van der Waals surface area contributed by atoms with E-state index in [1.165, 1.54) is 18.2 Å². The average molecular weight is 317 g/mol. The summed E-state index contributed by atoms with van der Waals surface area (Å²) in [5.74, 6) is -0.424. The molecular formula is C18H20FNO3. The second-order valence-electron chi connectivity index (χ2n) is 5.22. The van der Waals surface area contributed by atoms with Crippen molar-refractivity contribution in [3.63, 3.8) is 0 Å². The molecule has 0 bridgehead atoms. The standard InChI is InChI=1S/C18H20FNO3/c1-13(23-16-9-5-8-15(19)12-16)18(22)20-11-10-17(21)14-6-3-2-4-7-14/h2-9,12-13,17,21H,10-11H2,1H3,(H,20,22). The Hall–Kier alpha value is -2.40. The molecule has 4 nitrogen and oxygen atoms in total. The zero-order valence-corrected chi connectivity index (χ0v) is 12.9. The molecule has 0 saturated carbocycles. The molecule has 0 aromatic heterocycles. The summed E-state index contributed by atoms with van der Waals surface area (Å²) in [6.45, 7) is 1.92. The van der Waals surface area contributed by atoms with Crippen LogP contribution in [0.25, 0.3) is 0 Å². The Morgan fingerprint density at radius 3 is 2.65 bits per heavy atom. The summed E-state index contributed by atoms with van der Waals surface area (Å²) in [5, 5.41) is 12.7. The van der Waals surface area contributed by atoms with Gasteiger partial charge in [-0.2, -0.15) is 0 Å². The van der Waals surface area contributed by atoms with Gasteiger partial charge in [0.25, 0.3) is 5.91 Å². The number of ether oxygens (including phenoxy) is 1. The fourth-order valence-corrected chi connectivity index (χ4v) is 2.12. The van der Waals surface area contributed by atoms with E-state index in [0.717, 1.165) is 5.56 Å². The zero-order valence-electron chi connectivity index (χ0n) is 12.9. The summed E-state index contributed by atoms with van der Waals surface area (Å²) >= 11 is 0. The second kappa shape index (κ2) is 8.29. The molecule has 23 heavy (non-hydrogen) atoms. The van der Waals surface area contributed by atoms with E-state index >= 15 is 0 Å². The molecule has 0 spiro atoms. The molecule has 2 aromatic rings. The Morgan fingerprint density at radius 1 is 1.22 bits per heavy atom. The van der Waals surface area contributed by atoms with Crippen molar-refractivity contribution in [1.82, 2.24) is 5.32 Å². The monoisotopic (exact) mass is 317 g/mol. The number of benzene rings is 2. The maximum absolute atomic E-state index is 13.1. The van der Waals surface area contributed by atoms with E-state index in [2.05, 4.69) is 5.32 Å². The zero-order chi connectivity index (χ0) is 16.7. The number of hydrogen-bond donors (Lipinski definition) is 2. The topological polar surface area (TPSA) is 58.6 Å². The lowest BCUT2D eigenvalue weighted by molar-refractivity contribution is -0.127. The van der Waals surface area contributed by atoms with Crippen molar-refractivity contribution in [1.29, 1.82) is 0 Å². The van der Waals surface area contributed by atoms with Crippen LogP contribution in [0.4, 0.5) is 4.39 Å². The van der Waals surface area contributed by atoms with Crippen molar-refractivity contribution < 1.29 is 19.0 Å². The van der Waals surface area contributed by atoms with Gasteiger partial charge in [0.15, 0.2) is 6.10 Å². The number of aliphatic hydroxyl groups is 1. The number of hydrogen-bond acceptors (Lipinski definition) is 3. The quantitative estimate of drug-likeness (QED) is 0.825. The third kappa shape index (κ3) is 5.38. The fraction of sp³-hybridized carbons (Fsp3) is 0.278. The van der Waals surface area contributed by atoms with Crippen molar-refractivity contribution in [2.45, 2.75) is 25.6 Å². The highest BCUT2D eigenvalue weighted by Crippen LogP contribution is 2.15. The van der Waals surface area contributed by atoms with Crippen LogP contribution in [0.1, 0.15) is 25.0 Å². The van der Waals surface area contributed by atoms with E-state index in [4.69, 9.17) is 4.74 Å².